The zero-order chi connectivity index (χ0) is 14.1. The molecule has 1 saturated carbocycles. The molecule has 1 aliphatic heterocycles. The fourth-order valence-electron chi connectivity index (χ4n) is 4.03. The van der Waals surface area contributed by atoms with Crippen molar-refractivity contribution < 1.29 is 4.42 Å². The third-order valence-corrected chi connectivity index (χ3v) is 5.14. The summed E-state index contributed by atoms with van der Waals surface area (Å²) in [5.74, 6) is 3.73. The van der Waals surface area contributed by atoms with E-state index in [2.05, 4.69) is 36.2 Å². The number of hydrogen-bond acceptors (Lipinski definition) is 3. The maximum Gasteiger partial charge on any atom is 0.117 e. The molecule has 1 N–H and O–H groups in total. The van der Waals surface area contributed by atoms with Gasteiger partial charge in [0.05, 0.1) is 6.54 Å². The van der Waals surface area contributed by atoms with Crippen molar-refractivity contribution in [2.75, 3.05) is 13.1 Å². The van der Waals surface area contributed by atoms with Crippen LogP contribution in [0.5, 0.6) is 0 Å². The van der Waals surface area contributed by atoms with Crippen LogP contribution in [0.4, 0.5) is 0 Å². The summed E-state index contributed by atoms with van der Waals surface area (Å²) in [5, 5.41) is 3.79. The highest BCUT2D eigenvalue weighted by Gasteiger charge is 2.39. The van der Waals surface area contributed by atoms with Crippen LogP contribution in [0.2, 0.25) is 0 Å². The van der Waals surface area contributed by atoms with Crippen LogP contribution >= 0.6 is 0 Å². The minimum atomic E-state index is 0.684. The molecule has 3 rings (SSSR count). The number of fused-ring (bicyclic) bond motifs is 2. The summed E-state index contributed by atoms with van der Waals surface area (Å²) >= 11 is 0. The summed E-state index contributed by atoms with van der Waals surface area (Å²) in [4.78, 5) is 2.67. The maximum absolute atomic E-state index is 5.68. The molecule has 2 fully saturated rings. The molecular weight excluding hydrogens is 248 g/mol. The first-order valence-electron chi connectivity index (χ1n) is 8.16. The van der Waals surface area contributed by atoms with E-state index in [1.807, 2.05) is 6.92 Å². The molecule has 1 aromatic heterocycles. The van der Waals surface area contributed by atoms with Gasteiger partial charge in [-0.05, 0) is 57.6 Å². The normalized spacial score (nSPS) is 30.9. The fourth-order valence-corrected chi connectivity index (χ4v) is 4.03. The number of nitrogens with zero attached hydrogens (tertiary/aromatic N) is 1. The van der Waals surface area contributed by atoms with Gasteiger partial charge in [0.1, 0.15) is 11.5 Å². The Labute approximate surface area is 122 Å². The van der Waals surface area contributed by atoms with Gasteiger partial charge in [-0.15, -0.1) is 0 Å². The van der Waals surface area contributed by atoms with Crippen LogP contribution in [-0.4, -0.2) is 30.1 Å². The number of rotatable bonds is 4. The van der Waals surface area contributed by atoms with Crippen molar-refractivity contribution in [1.29, 1.82) is 0 Å². The number of likely N-dealkylation sites (tertiary alicyclic amines) is 1. The summed E-state index contributed by atoms with van der Waals surface area (Å²) in [7, 11) is 0. The number of hydrogen-bond donors (Lipinski definition) is 1. The Morgan fingerprint density at radius 2 is 1.95 bits per heavy atom. The minimum absolute atomic E-state index is 0.684. The summed E-state index contributed by atoms with van der Waals surface area (Å²) in [5.41, 5.74) is 0. The van der Waals surface area contributed by atoms with E-state index in [-0.39, 0.29) is 0 Å². The molecule has 0 amide bonds. The van der Waals surface area contributed by atoms with Crippen LogP contribution in [0.25, 0.3) is 0 Å². The molecule has 1 aromatic rings. The second-order valence-electron chi connectivity index (χ2n) is 6.92. The first-order chi connectivity index (χ1) is 9.63. The van der Waals surface area contributed by atoms with Gasteiger partial charge in [0, 0.05) is 25.2 Å². The summed E-state index contributed by atoms with van der Waals surface area (Å²) in [6, 6.07) is 5.52. The van der Waals surface area contributed by atoms with Gasteiger partial charge in [0.15, 0.2) is 0 Å². The Hall–Kier alpha value is -0.800. The first-order valence-corrected chi connectivity index (χ1v) is 8.16. The lowest BCUT2D eigenvalue weighted by atomic mass is 9.73. The van der Waals surface area contributed by atoms with E-state index in [9.17, 15) is 0 Å². The lowest BCUT2D eigenvalue weighted by Gasteiger charge is -2.49. The van der Waals surface area contributed by atoms with Gasteiger partial charge in [-0.25, -0.2) is 0 Å². The predicted molar refractivity (Wildman–Crippen MR) is 81.6 cm³/mol. The predicted octanol–water partition coefficient (Wildman–Crippen LogP) is 3.19. The summed E-state index contributed by atoms with van der Waals surface area (Å²) in [6.45, 7) is 10.1. The van der Waals surface area contributed by atoms with E-state index in [1.165, 1.54) is 32.4 Å². The van der Waals surface area contributed by atoms with Crippen molar-refractivity contribution in [3.8, 4) is 0 Å². The highest BCUT2D eigenvalue weighted by atomic mass is 16.3. The molecule has 1 aliphatic carbocycles. The Kier molecular flexibility index (Phi) is 4.18. The third kappa shape index (κ3) is 2.94. The van der Waals surface area contributed by atoms with Crippen LogP contribution < -0.4 is 5.32 Å². The van der Waals surface area contributed by atoms with Gasteiger partial charge in [-0.3, -0.25) is 0 Å². The number of furan rings is 1. The van der Waals surface area contributed by atoms with E-state index in [1.54, 1.807) is 0 Å². The van der Waals surface area contributed by atoms with Crippen LogP contribution in [0, 0.1) is 18.8 Å². The molecule has 2 bridgehead atoms. The summed E-state index contributed by atoms with van der Waals surface area (Å²) in [6.07, 6.45) is 4.18. The van der Waals surface area contributed by atoms with Gasteiger partial charge >= 0.3 is 0 Å². The molecule has 20 heavy (non-hydrogen) atoms. The second kappa shape index (κ2) is 5.90. The average molecular weight is 276 g/mol. The monoisotopic (exact) mass is 276 g/mol. The van der Waals surface area contributed by atoms with Crippen molar-refractivity contribution in [3.63, 3.8) is 0 Å². The van der Waals surface area contributed by atoms with Crippen molar-refractivity contribution in [1.82, 2.24) is 10.2 Å². The quantitative estimate of drug-likeness (QED) is 0.915. The maximum atomic E-state index is 5.68. The Morgan fingerprint density at radius 1 is 1.25 bits per heavy atom. The Bertz CT molecular complexity index is 426. The molecule has 2 atom stereocenters. The molecule has 0 spiro atoms. The lowest BCUT2D eigenvalue weighted by Crippen LogP contribution is -2.58. The molecule has 3 nitrogen and oxygen atoms in total. The zero-order valence-electron chi connectivity index (χ0n) is 13.1. The van der Waals surface area contributed by atoms with E-state index in [0.717, 1.165) is 29.9 Å². The Balaban J connectivity index is 1.61. The molecule has 112 valence electrons. The molecule has 0 aromatic carbocycles. The first kappa shape index (κ1) is 14.2. The van der Waals surface area contributed by atoms with E-state index >= 15 is 0 Å². The molecule has 0 radical (unpaired) electrons. The van der Waals surface area contributed by atoms with Gasteiger partial charge in [-0.1, -0.05) is 6.42 Å². The molecular formula is C17H28N2O. The van der Waals surface area contributed by atoms with Crippen molar-refractivity contribution in [3.05, 3.63) is 23.7 Å². The van der Waals surface area contributed by atoms with Crippen molar-refractivity contribution in [2.24, 2.45) is 11.8 Å². The van der Waals surface area contributed by atoms with Crippen LogP contribution in [-0.2, 0) is 6.54 Å². The molecule has 2 aliphatic rings. The van der Waals surface area contributed by atoms with Crippen molar-refractivity contribution in [2.45, 2.75) is 58.7 Å². The largest absolute Gasteiger partial charge is 0.465 e. The molecule has 2 unspecified atom stereocenters. The summed E-state index contributed by atoms with van der Waals surface area (Å²) < 4.78 is 5.68. The molecule has 3 heteroatoms. The Morgan fingerprint density at radius 3 is 2.50 bits per heavy atom. The van der Waals surface area contributed by atoms with Crippen LogP contribution in [0.1, 0.15) is 44.6 Å². The standard InChI is InChI=1S/C17H28N2O/c1-12(2)19-10-14-5-4-6-15(11-19)17(14)18-9-16-8-7-13(3)20-16/h7-8,12,14-15,17-18H,4-6,9-11H2,1-3H3. The second-order valence-corrected chi connectivity index (χ2v) is 6.92. The topological polar surface area (TPSA) is 28.4 Å². The van der Waals surface area contributed by atoms with Gasteiger partial charge in [-0.2, -0.15) is 0 Å². The smallest absolute Gasteiger partial charge is 0.117 e. The number of aryl methyl sites for hydroxylation is 1. The van der Waals surface area contributed by atoms with Crippen LogP contribution in [0.15, 0.2) is 16.5 Å². The highest BCUT2D eigenvalue weighted by Crippen LogP contribution is 2.35. The van der Waals surface area contributed by atoms with E-state index in [0.29, 0.717) is 12.1 Å². The van der Waals surface area contributed by atoms with E-state index in [4.69, 9.17) is 4.42 Å². The highest BCUT2D eigenvalue weighted by molar-refractivity contribution is 5.06. The third-order valence-electron chi connectivity index (χ3n) is 5.14. The fraction of sp³-hybridized carbons (Fsp3) is 0.765. The SMILES string of the molecule is Cc1ccc(CNC2C3CCCC2CN(C(C)C)C3)o1. The van der Waals surface area contributed by atoms with Gasteiger partial charge < -0.3 is 14.6 Å². The van der Waals surface area contributed by atoms with Gasteiger partial charge in [0.25, 0.3) is 0 Å². The lowest BCUT2D eigenvalue weighted by molar-refractivity contribution is 0.0283. The minimum Gasteiger partial charge on any atom is -0.465 e. The number of piperidine rings is 1. The molecule has 2 heterocycles. The average Bonchev–Trinajstić information content (AvgIpc) is 2.81. The van der Waals surface area contributed by atoms with Crippen LogP contribution in [0.3, 0.4) is 0 Å². The zero-order valence-corrected chi connectivity index (χ0v) is 13.1. The number of nitrogens with one attached hydrogen (secondary N) is 1. The van der Waals surface area contributed by atoms with E-state index < -0.39 is 0 Å². The van der Waals surface area contributed by atoms with Gasteiger partial charge in [0.2, 0.25) is 0 Å². The van der Waals surface area contributed by atoms with Crippen molar-refractivity contribution >= 4 is 0 Å². The molecule has 1 saturated heterocycles.